The first-order chi connectivity index (χ1) is 10.8. The van der Waals surface area contributed by atoms with Crippen LogP contribution in [0.1, 0.15) is 35.8 Å². The summed E-state index contributed by atoms with van der Waals surface area (Å²) in [5.41, 5.74) is 4.03. The molecule has 2 aromatic rings. The van der Waals surface area contributed by atoms with Crippen LogP contribution < -0.4 is 0 Å². The topological polar surface area (TPSA) is 23.6 Å². The number of rotatable bonds is 1. The highest BCUT2D eigenvalue weighted by Crippen LogP contribution is 2.44. The molecule has 0 radical (unpaired) electrons. The number of nitrogens with zero attached hydrogens (tertiary/aromatic N) is 2. The molecule has 4 rings (SSSR count). The average molecular weight is 292 g/mol. The maximum absolute atomic E-state index is 12.2. The second-order valence-electron chi connectivity index (χ2n) is 6.16. The average Bonchev–Trinajstić information content (AvgIpc) is 2.96. The molecule has 0 bridgehead atoms. The van der Waals surface area contributed by atoms with Crippen LogP contribution in [0.25, 0.3) is 0 Å². The Hall–Kier alpha value is -2.13. The van der Waals surface area contributed by atoms with Gasteiger partial charge < -0.3 is 4.90 Å². The summed E-state index contributed by atoms with van der Waals surface area (Å²) in [6, 6.07) is 19.4. The summed E-state index contributed by atoms with van der Waals surface area (Å²) < 4.78 is 0. The summed E-state index contributed by atoms with van der Waals surface area (Å²) in [5.74, 6) is 0.153. The van der Waals surface area contributed by atoms with Gasteiger partial charge in [0, 0.05) is 20.0 Å². The van der Waals surface area contributed by atoms with Gasteiger partial charge in [0.1, 0.15) is 6.17 Å². The normalized spacial score (nSPS) is 24.0. The number of hydrogen-bond acceptors (Lipinski definition) is 2. The van der Waals surface area contributed by atoms with Gasteiger partial charge in [-0.25, -0.2) is 0 Å². The molecule has 112 valence electrons. The van der Waals surface area contributed by atoms with Crippen LogP contribution in [0.15, 0.2) is 54.6 Å². The third-order valence-electron chi connectivity index (χ3n) is 4.93. The molecule has 3 heteroatoms. The van der Waals surface area contributed by atoms with Crippen molar-refractivity contribution in [3.05, 3.63) is 71.3 Å². The first-order valence-electron chi connectivity index (χ1n) is 7.91. The largest absolute Gasteiger partial charge is 0.321 e. The Kier molecular flexibility index (Phi) is 3.23. The number of benzene rings is 2. The Bertz CT molecular complexity index is 698. The van der Waals surface area contributed by atoms with Crippen molar-refractivity contribution >= 4 is 5.91 Å². The molecule has 0 aliphatic carbocycles. The quantitative estimate of drug-likeness (QED) is 0.806. The predicted molar refractivity (Wildman–Crippen MR) is 86.2 cm³/mol. The van der Waals surface area contributed by atoms with Gasteiger partial charge in [-0.2, -0.15) is 0 Å². The lowest BCUT2D eigenvalue weighted by molar-refractivity contribution is -0.131. The third kappa shape index (κ3) is 2.04. The summed E-state index contributed by atoms with van der Waals surface area (Å²) in [6.45, 7) is 3.47. The second-order valence-corrected chi connectivity index (χ2v) is 6.16. The smallest absolute Gasteiger partial charge is 0.221 e. The molecule has 0 N–H and O–H groups in total. The van der Waals surface area contributed by atoms with E-state index in [2.05, 4.69) is 53.4 Å². The predicted octanol–water partition coefficient (Wildman–Crippen LogP) is 3.15. The molecule has 2 aliphatic heterocycles. The highest BCUT2D eigenvalue weighted by atomic mass is 16.2. The molecule has 1 fully saturated rings. The lowest BCUT2D eigenvalue weighted by Gasteiger charge is -2.35. The Morgan fingerprint density at radius 1 is 1.05 bits per heavy atom. The van der Waals surface area contributed by atoms with E-state index in [1.165, 1.54) is 16.7 Å². The maximum Gasteiger partial charge on any atom is 0.221 e. The molecule has 0 unspecified atom stereocenters. The summed E-state index contributed by atoms with van der Waals surface area (Å²) >= 11 is 0. The highest BCUT2D eigenvalue weighted by Gasteiger charge is 2.44. The van der Waals surface area contributed by atoms with Crippen molar-refractivity contribution in [3.8, 4) is 0 Å². The van der Waals surface area contributed by atoms with E-state index < -0.39 is 0 Å². The molecule has 22 heavy (non-hydrogen) atoms. The first kappa shape index (κ1) is 13.5. The minimum atomic E-state index is 0.0667. The van der Waals surface area contributed by atoms with Crippen molar-refractivity contribution in [1.82, 2.24) is 9.80 Å². The van der Waals surface area contributed by atoms with Gasteiger partial charge in [0.05, 0.1) is 6.04 Å². The van der Waals surface area contributed by atoms with E-state index in [1.54, 1.807) is 6.92 Å². The van der Waals surface area contributed by atoms with Crippen LogP contribution in [-0.4, -0.2) is 28.8 Å². The zero-order valence-corrected chi connectivity index (χ0v) is 12.8. The zero-order chi connectivity index (χ0) is 15.1. The van der Waals surface area contributed by atoms with Crippen LogP contribution in [0.3, 0.4) is 0 Å². The summed E-state index contributed by atoms with van der Waals surface area (Å²) in [6.07, 6.45) is 1.12. The summed E-state index contributed by atoms with van der Waals surface area (Å²) in [5, 5.41) is 0. The Morgan fingerprint density at radius 3 is 2.55 bits per heavy atom. The highest BCUT2D eigenvalue weighted by molar-refractivity contribution is 5.74. The molecule has 0 aromatic heterocycles. The van der Waals surface area contributed by atoms with E-state index >= 15 is 0 Å². The van der Waals surface area contributed by atoms with Crippen LogP contribution in [0.5, 0.6) is 0 Å². The van der Waals surface area contributed by atoms with E-state index in [-0.39, 0.29) is 12.1 Å². The number of carbonyl (C=O) groups is 1. The van der Waals surface area contributed by atoms with Crippen molar-refractivity contribution in [3.63, 3.8) is 0 Å². The third-order valence-corrected chi connectivity index (χ3v) is 4.93. The molecule has 2 heterocycles. The number of amides is 1. The first-order valence-corrected chi connectivity index (χ1v) is 7.91. The molecule has 1 amide bonds. The monoisotopic (exact) mass is 292 g/mol. The zero-order valence-electron chi connectivity index (χ0n) is 12.8. The fourth-order valence-electron chi connectivity index (χ4n) is 3.93. The lowest BCUT2D eigenvalue weighted by atomic mass is 9.93. The van der Waals surface area contributed by atoms with Crippen molar-refractivity contribution in [2.45, 2.75) is 25.6 Å². The molecule has 2 aliphatic rings. The number of carbonyl (C=O) groups excluding carboxylic acids is 1. The molecule has 1 saturated heterocycles. The number of fused-ring (bicyclic) bond motifs is 3. The van der Waals surface area contributed by atoms with Gasteiger partial charge in [-0.05, 0) is 23.1 Å². The standard InChI is InChI=1S/C19H20N2O/c1-14(22)21-13-18-17-10-6-5-7-15(17)11-12-20(18)19(21)16-8-3-2-4-9-16/h2-10,18-19H,11-13H2,1H3/t18-,19-/m1/s1. The summed E-state index contributed by atoms with van der Waals surface area (Å²) in [7, 11) is 0. The second kappa shape index (κ2) is 5.25. The Balaban J connectivity index is 1.78. The van der Waals surface area contributed by atoms with Crippen molar-refractivity contribution in [2.24, 2.45) is 0 Å². The molecule has 0 saturated carbocycles. The Labute approximate surface area is 131 Å². The van der Waals surface area contributed by atoms with Gasteiger partial charge in [0.2, 0.25) is 5.91 Å². The van der Waals surface area contributed by atoms with E-state index in [9.17, 15) is 4.79 Å². The van der Waals surface area contributed by atoms with Gasteiger partial charge in [-0.3, -0.25) is 9.69 Å². The maximum atomic E-state index is 12.2. The molecule has 0 spiro atoms. The molecule has 3 nitrogen and oxygen atoms in total. The van der Waals surface area contributed by atoms with Crippen molar-refractivity contribution < 1.29 is 4.79 Å². The fraction of sp³-hybridized carbons (Fsp3) is 0.316. The van der Waals surface area contributed by atoms with Gasteiger partial charge in [0.15, 0.2) is 0 Å². The van der Waals surface area contributed by atoms with Crippen LogP contribution >= 0.6 is 0 Å². The number of hydrogen-bond donors (Lipinski definition) is 0. The van der Waals surface area contributed by atoms with Crippen molar-refractivity contribution in [2.75, 3.05) is 13.1 Å². The van der Waals surface area contributed by atoms with Gasteiger partial charge in [0.25, 0.3) is 0 Å². The van der Waals surface area contributed by atoms with E-state index in [4.69, 9.17) is 0 Å². The Morgan fingerprint density at radius 2 is 1.77 bits per heavy atom. The molecular formula is C19H20N2O. The summed E-state index contributed by atoms with van der Waals surface area (Å²) in [4.78, 5) is 16.7. The van der Waals surface area contributed by atoms with Crippen LogP contribution in [0.2, 0.25) is 0 Å². The van der Waals surface area contributed by atoms with Gasteiger partial charge in [-0.15, -0.1) is 0 Å². The van der Waals surface area contributed by atoms with Crippen molar-refractivity contribution in [1.29, 1.82) is 0 Å². The van der Waals surface area contributed by atoms with Crippen LogP contribution in [0.4, 0.5) is 0 Å². The van der Waals surface area contributed by atoms with Crippen LogP contribution in [-0.2, 0) is 11.2 Å². The van der Waals surface area contributed by atoms with Gasteiger partial charge in [-0.1, -0.05) is 54.6 Å². The SMILES string of the molecule is CC(=O)N1C[C@@H]2c3ccccc3CCN2[C@H]1c1ccccc1. The van der Waals surface area contributed by atoms with E-state index in [1.807, 2.05) is 11.0 Å². The molecular weight excluding hydrogens is 272 g/mol. The van der Waals surface area contributed by atoms with Crippen LogP contribution in [0, 0.1) is 0 Å². The van der Waals surface area contributed by atoms with Gasteiger partial charge >= 0.3 is 0 Å². The fourth-order valence-corrected chi connectivity index (χ4v) is 3.93. The lowest BCUT2D eigenvalue weighted by Crippen LogP contribution is -2.36. The molecule has 2 aromatic carbocycles. The van der Waals surface area contributed by atoms with E-state index in [0.29, 0.717) is 6.04 Å². The minimum Gasteiger partial charge on any atom is -0.321 e. The molecule has 2 atom stereocenters. The van der Waals surface area contributed by atoms with E-state index in [0.717, 1.165) is 19.5 Å². The minimum absolute atomic E-state index is 0.0667.